The van der Waals surface area contributed by atoms with Crippen molar-refractivity contribution in [2.24, 2.45) is 5.92 Å². The lowest BCUT2D eigenvalue weighted by atomic mass is 9.99. The second kappa shape index (κ2) is 7.07. The quantitative estimate of drug-likeness (QED) is 0.581. The van der Waals surface area contributed by atoms with Crippen LogP contribution in [0.5, 0.6) is 0 Å². The molecule has 2 rings (SSSR count). The van der Waals surface area contributed by atoms with Gasteiger partial charge >= 0.3 is 11.9 Å². The SMILES string of the molecule is CC(C)(C)[Si](C)(C)OC[C@@H]1OC(=O)[C@H]1COC(=O)c1ccccc1. The van der Waals surface area contributed by atoms with Crippen LogP contribution in [0.2, 0.25) is 18.1 Å². The molecule has 1 saturated heterocycles. The van der Waals surface area contributed by atoms with Gasteiger partial charge in [-0.05, 0) is 30.3 Å². The van der Waals surface area contributed by atoms with Crippen molar-refractivity contribution in [1.29, 1.82) is 0 Å². The lowest BCUT2D eigenvalue weighted by molar-refractivity contribution is -0.192. The first kappa shape index (κ1) is 18.7. The summed E-state index contributed by atoms with van der Waals surface area (Å²) in [6, 6.07) is 8.72. The number of cyclic esters (lactones) is 1. The van der Waals surface area contributed by atoms with E-state index in [-0.39, 0.29) is 23.7 Å². The average molecular weight is 350 g/mol. The molecule has 1 aliphatic heterocycles. The monoisotopic (exact) mass is 350 g/mol. The third-order valence-corrected chi connectivity index (χ3v) is 9.34. The Morgan fingerprint density at radius 3 is 2.33 bits per heavy atom. The lowest BCUT2D eigenvalue weighted by Gasteiger charge is -2.40. The van der Waals surface area contributed by atoms with E-state index in [4.69, 9.17) is 13.9 Å². The molecular formula is C18H26O5Si. The van der Waals surface area contributed by atoms with Crippen molar-refractivity contribution in [3.63, 3.8) is 0 Å². The van der Waals surface area contributed by atoms with Gasteiger partial charge in [-0.25, -0.2) is 4.79 Å². The van der Waals surface area contributed by atoms with Gasteiger partial charge in [0.1, 0.15) is 18.6 Å². The predicted octanol–water partition coefficient (Wildman–Crippen LogP) is 3.41. The molecule has 0 aromatic heterocycles. The van der Waals surface area contributed by atoms with Gasteiger partial charge in [0.05, 0.1) is 12.2 Å². The summed E-state index contributed by atoms with van der Waals surface area (Å²) in [6.07, 6.45) is -0.338. The minimum Gasteiger partial charge on any atom is -0.461 e. The molecule has 5 nitrogen and oxygen atoms in total. The third-order valence-electron chi connectivity index (χ3n) is 4.84. The molecule has 2 atom stereocenters. The number of hydrogen-bond acceptors (Lipinski definition) is 5. The van der Waals surface area contributed by atoms with Crippen LogP contribution in [0, 0.1) is 5.92 Å². The summed E-state index contributed by atoms with van der Waals surface area (Å²) >= 11 is 0. The summed E-state index contributed by atoms with van der Waals surface area (Å²) in [6.45, 7) is 11.2. The van der Waals surface area contributed by atoms with Gasteiger partial charge in [0.15, 0.2) is 8.32 Å². The highest BCUT2D eigenvalue weighted by Crippen LogP contribution is 2.37. The summed E-state index contributed by atoms with van der Waals surface area (Å²) in [7, 11) is -1.90. The van der Waals surface area contributed by atoms with Crippen LogP contribution in [-0.4, -0.2) is 39.6 Å². The number of benzene rings is 1. The summed E-state index contributed by atoms with van der Waals surface area (Å²) in [5.74, 6) is -1.21. The van der Waals surface area contributed by atoms with Crippen LogP contribution in [0.15, 0.2) is 30.3 Å². The van der Waals surface area contributed by atoms with Crippen molar-refractivity contribution < 1.29 is 23.5 Å². The Hall–Kier alpha value is -1.66. The number of rotatable bonds is 6. The highest BCUT2D eigenvalue weighted by Gasteiger charge is 2.46. The van der Waals surface area contributed by atoms with Crippen LogP contribution < -0.4 is 0 Å². The number of esters is 2. The van der Waals surface area contributed by atoms with E-state index in [1.54, 1.807) is 24.3 Å². The van der Waals surface area contributed by atoms with Crippen molar-refractivity contribution in [3.8, 4) is 0 Å². The molecule has 1 aromatic carbocycles. The molecule has 1 fully saturated rings. The van der Waals surface area contributed by atoms with Crippen molar-refractivity contribution in [2.75, 3.05) is 13.2 Å². The molecule has 0 bridgehead atoms. The van der Waals surface area contributed by atoms with E-state index in [0.717, 1.165) is 0 Å². The summed E-state index contributed by atoms with van der Waals surface area (Å²) < 4.78 is 16.5. The molecule has 1 aromatic rings. The van der Waals surface area contributed by atoms with Crippen LogP contribution in [0.3, 0.4) is 0 Å². The third kappa shape index (κ3) is 4.24. The molecule has 6 heteroatoms. The topological polar surface area (TPSA) is 61.8 Å². The fourth-order valence-electron chi connectivity index (χ4n) is 2.05. The van der Waals surface area contributed by atoms with Crippen LogP contribution in [0.25, 0.3) is 0 Å². The Labute approximate surface area is 144 Å². The van der Waals surface area contributed by atoms with Crippen LogP contribution in [0.4, 0.5) is 0 Å². The predicted molar refractivity (Wildman–Crippen MR) is 93.2 cm³/mol. The first-order chi connectivity index (χ1) is 11.1. The molecule has 24 heavy (non-hydrogen) atoms. The van der Waals surface area contributed by atoms with Gasteiger partial charge in [0, 0.05) is 0 Å². The summed E-state index contributed by atoms with van der Waals surface area (Å²) in [5, 5.41) is 0.0933. The van der Waals surface area contributed by atoms with Gasteiger partial charge in [-0.1, -0.05) is 39.0 Å². The Bertz CT molecular complexity index is 591. The van der Waals surface area contributed by atoms with E-state index in [2.05, 4.69) is 33.9 Å². The van der Waals surface area contributed by atoms with Crippen molar-refractivity contribution >= 4 is 20.3 Å². The molecule has 1 heterocycles. The first-order valence-electron chi connectivity index (χ1n) is 8.18. The van der Waals surface area contributed by atoms with E-state index >= 15 is 0 Å². The average Bonchev–Trinajstić information content (AvgIpc) is 2.50. The zero-order valence-corrected chi connectivity index (χ0v) is 16.0. The fourth-order valence-corrected chi connectivity index (χ4v) is 3.07. The minimum absolute atomic E-state index is 0.0259. The molecule has 0 unspecified atom stereocenters. The Morgan fingerprint density at radius 2 is 1.79 bits per heavy atom. The standard InChI is InChI=1S/C18H26O5Si/c1-18(2,3)24(4,5)22-12-15-14(17(20)23-15)11-21-16(19)13-9-7-6-8-10-13/h6-10,14-15H,11-12H2,1-5H3/t14-,15-/m0/s1. The number of ether oxygens (including phenoxy) is 2. The van der Waals surface area contributed by atoms with Gasteiger partial charge in [0.2, 0.25) is 0 Å². The van der Waals surface area contributed by atoms with E-state index in [1.165, 1.54) is 0 Å². The molecule has 0 saturated carbocycles. The Morgan fingerprint density at radius 1 is 1.17 bits per heavy atom. The second-order valence-corrected chi connectivity index (χ2v) is 12.4. The molecule has 1 aliphatic rings. The molecule has 132 valence electrons. The molecule has 0 amide bonds. The largest absolute Gasteiger partial charge is 0.461 e. The number of carbonyl (C=O) groups is 2. The van der Waals surface area contributed by atoms with Crippen LogP contribution >= 0.6 is 0 Å². The summed E-state index contributed by atoms with van der Waals surface area (Å²) in [5.41, 5.74) is 0.472. The van der Waals surface area contributed by atoms with Crippen molar-refractivity contribution in [3.05, 3.63) is 35.9 Å². The van der Waals surface area contributed by atoms with Gasteiger partial charge in [-0.3, -0.25) is 4.79 Å². The highest BCUT2D eigenvalue weighted by atomic mass is 28.4. The zero-order valence-electron chi connectivity index (χ0n) is 15.0. The van der Waals surface area contributed by atoms with E-state index < -0.39 is 20.2 Å². The van der Waals surface area contributed by atoms with Crippen LogP contribution in [-0.2, 0) is 18.7 Å². The Balaban J connectivity index is 1.84. The molecular weight excluding hydrogens is 324 g/mol. The molecule has 0 spiro atoms. The maximum Gasteiger partial charge on any atom is 0.338 e. The van der Waals surface area contributed by atoms with Crippen molar-refractivity contribution in [2.45, 2.75) is 45.0 Å². The minimum atomic E-state index is -1.90. The molecule has 0 aliphatic carbocycles. The zero-order chi connectivity index (χ0) is 18.0. The first-order valence-corrected chi connectivity index (χ1v) is 11.1. The smallest absolute Gasteiger partial charge is 0.338 e. The summed E-state index contributed by atoms with van der Waals surface area (Å²) in [4.78, 5) is 23.6. The normalized spacial score (nSPS) is 21.0. The fraction of sp³-hybridized carbons (Fsp3) is 0.556. The van der Waals surface area contributed by atoms with Gasteiger partial charge < -0.3 is 13.9 Å². The van der Waals surface area contributed by atoms with Gasteiger partial charge in [-0.15, -0.1) is 0 Å². The van der Waals surface area contributed by atoms with Gasteiger partial charge in [0.25, 0.3) is 0 Å². The number of carbonyl (C=O) groups excluding carboxylic acids is 2. The van der Waals surface area contributed by atoms with Gasteiger partial charge in [-0.2, -0.15) is 0 Å². The second-order valence-electron chi connectivity index (χ2n) is 7.62. The van der Waals surface area contributed by atoms with E-state index in [9.17, 15) is 9.59 Å². The Kier molecular flexibility index (Phi) is 5.50. The lowest BCUT2D eigenvalue weighted by Crippen LogP contribution is -2.53. The van der Waals surface area contributed by atoms with E-state index in [0.29, 0.717) is 12.2 Å². The maximum atomic E-state index is 12.0. The van der Waals surface area contributed by atoms with Crippen molar-refractivity contribution in [1.82, 2.24) is 0 Å². The van der Waals surface area contributed by atoms with Crippen LogP contribution in [0.1, 0.15) is 31.1 Å². The van der Waals surface area contributed by atoms with E-state index in [1.807, 2.05) is 6.07 Å². The molecule has 0 radical (unpaired) electrons. The number of hydrogen-bond donors (Lipinski definition) is 0. The molecule has 0 N–H and O–H groups in total. The maximum absolute atomic E-state index is 12.0. The highest BCUT2D eigenvalue weighted by molar-refractivity contribution is 6.74.